The molecule has 1 aromatic rings. The standard InChI is InChI=1S/C11H13N3O2/c1-14(2,3)10-9-8(13-11(10)16)4-7(6-15)5-12-9/h4-6,10H,1-3H3/p+1. The van der Waals surface area contributed by atoms with Crippen LogP contribution in [0.5, 0.6) is 0 Å². The normalized spacial score (nSPS) is 19.2. The van der Waals surface area contributed by atoms with Crippen LogP contribution in [0.4, 0.5) is 5.69 Å². The quantitative estimate of drug-likeness (QED) is 0.586. The molecule has 0 radical (unpaired) electrons. The fraction of sp³-hybridized carbons (Fsp3) is 0.364. The zero-order chi connectivity index (χ0) is 11.9. The van der Waals surface area contributed by atoms with Crippen LogP contribution in [-0.2, 0) is 4.79 Å². The predicted octanol–water partition coefficient (Wildman–Crippen LogP) is 0.593. The van der Waals surface area contributed by atoms with Crippen LogP contribution >= 0.6 is 0 Å². The average molecular weight is 220 g/mol. The van der Waals surface area contributed by atoms with Crippen molar-refractivity contribution in [2.75, 3.05) is 26.5 Å². The van der Waals surface area contributed by atoms with E-state index in [-0.39, 0.29) is 11.9 Å². The zero-order valence-corrected chi connectivity index (χ0v) is 9.52. The number of pyridine rings is 1. The van der Waals surface area contributed by atoms with Crippen molar-refractivity contribution >= 4 is 17.9 Å². The van der Waals surface area contributed by atoms with E-state index in [0.717, 1.165) is 6.29 Å². The number of fused-ring (bicyclic) bond motifs is 1. The van der Waals surface area contributed by atoms with Crippen LogP contribution in [0, 0.1) is 0 Å². The number of quaternary nitrogens is 1. The number of likely N-dealkylation sites (N-methyl/N-ethyl adjacent to an activating group) is 1. The molecule has 0 saturated heterocycles. The Morgan fingerprint density at radius 2 is 2.12 bits per heavy atom. The molecule has 0 saturated carbocycles. The zero-order valence-electron chi connectivity index (χ0n) is 9.52. The number of aromatic nitrogens is 1. The second kappa shape index (κ2) is 3.38. The highest BCUT2D eigenvalue weighted by molar-refractivity contribution is 6.01. The van der Waals surface area contributed by atoms with Crippen LogP contribution in [-0.4, -0.2) is 42.8 Å². The van der Waals surface area contributed by atoms with E-state index in [0.29, 0.717) is 21.4 Å². The van der Waals surface area contributed by atoms with Crippen molar-refractivity contribution in [3.8, 4) is 0 Å². The third-order valence-electron chi connectivity index (χ3n) is 2.62. The van der Waals surface area contributed by atoms with Gasteiger partial charge in [0.2, 0.25) is 6.04 Å². The maximum absolute atomic E-state index is 11.8. The molecular weight excluding hydrogens is 206 g/mol. The Morgan fingerprint density at radius 1 is 1.44 bits per heavy atom. The van der Waals surface area contributed by atoms with E-state index in [4.69, 9.17) is 0 Å². The molecule has 2 heterocycles. The summed E-state index contributed by atoms with van der Waals surface area (Å²) in [6.07, 6.45) is 2.22. The summed E-state index contributed by atoms with van der Waals surface area (Å²) in [4.78, 5) is 26.6. The van der Waals surface area contributed by atoms with E-state index in [1.54, 1.807) is 6.07 Å². The number of carbonyl (C=O) groups excluding carboxylic acids is 2. The van der Waals surface area contributed by atoms with Gasteiger partial charge in [0.05, 0.1) is 26.8 Å². The van der Waals surface area contributed by atoms with E-state index in [2.05, 4.69) is 10.3 Å². The molecule has 5 nitrogen and oxygen atoms in total. The van der Waals surface area contributed by atoms with Gasteiger partial charge >= 0.3 is 0 Å². The fourth-order valence-corrected chi connectivity index (χ4v) is 1.92. The van der Waals surface area contributed by atoms with Gasteiger partial charge in [0.1, 0.15) is 5.69 Å². The lowest BCUT2D eigenvalue weighted by Gasteiger charge is -2.28. The first-order valence-corrected chi connectivity index (χ1v) is 5.00. The van der Waals surface area contributed by atoms with Crippen LogP contribution in [0.3, 0.4) is 0 Å². The van der Waals surface area contributed by atoms with Crippen LogP contribution in [0.2, 0.25) is 0 Å². The number of amides is 1. The Balaban J connectivity index is 2.51. The van der Waals surface area contributed by atoms with Gasteiger partial charge in [-0.2, -0.15) is 0 Å². The van der Waals surface area contributed by atoms with Gasteiger partial charge in [-0.15, -0.1) is 0 Å². The van der Waals surface area contributed by atoms with Gasteiger partial charge in [0.25, 0.3) is 5.91 Å². The van der Waals surface area contributed by atoms with Gasteiger partial charge in [0.15, 0.2) is 6.29 Å². The van der Waals surface area contributed by atoms with Crippen LogP contribution in [0.15, 0.2) is 12.3 Å². The average Bonchev–Trinajstić information content (AvgIpc) is 2.51. The minimum Gasteiger partial charge on any atom is -0.319 e. The highest BCUT2D eigenvalue weighted by atomic mass is 16.2. The first kappa shape index (κ1) is 10.8. The minimum atomic E-state index is -0.310. The summed E-state index contributed by atoms with van der Waals surface area (Å²) in [5.41, 5.74) is 1.83. The molecule has 1 unspecified atom stereocenters. The SMILES string of the molecule is C[N+](C)(C)C1C(=O)Nc2cc(C=O)cnc21. The Morgan fingerprint density at radius 3 is 2.69 bits per heavy atom. The molecule has 0 fully saturated rings. The van der Waals surface area contributed by atoms with Gasteiger partial charge in [-0.1, -0.05) is 0 Å². The van der Waals surface area contributed by atoms with E-state index in [9.17, 15) is 9.59 Å². The Labute approximate surface area is 93.7 Å². The van der Waals surface area contributed by atoms with Gasteiger partial charge in [-0.05, 0) is 6.07 Å². The lowest BCUT2D eigenvalue weighted by Crippen LogP contribution is -2.42. The van der Waals surface area contributed by atoms with E-state index < -0.39 is 0 Å². The topological polar surface area (TPSA) is 59.1 Å². The smallest absolute Gasteiger partial charge is 0.289 e. The molecule has 1 amide bonds. The summed E-state index contributed by atoms with van der Waals surface area (Å²) in [7, 11) is 5.82. The molecule has 84 valence electrons. The second-order valence-electron chi connectivity index (χ2n) is 4.83. The van der Waals surface area contributed by atoms with Crippen molar-refractivity contribution in [2.24, 2.45) is 0 Å². The molecule has 1 N–H and O–H groups in total. The summed E-state index contributed by atoms with van der Waals surface area (Å²) in [5, 5.41) is 2.75. The van der Waals surface area contributed by atoms with Crippen LogP contribution in [0.25, 0.3) is 0 Å². The van der Waals surface area contributed by atoms with E-state index in [1.165, 1.54) is 6.20 Å². The molecule has 1 aliphatic rings. The number of nitrogens with one attached hydrogen (secondary N) is 1. The second-order valence-corrected chi connectivity index (χ2v) is 4.83. The van der Waals surface area contributed by atoms with E-state index in [1.807, 2.05) is 21.1 Å². The number of hydrogen-bond donors (Lipinski definition) is 1. The van der Waals surface area contributed by atoms with Crippen LogP contribution in [0.1, 0.15) is 22.1 Å². The number of carbonyl (C=O) groups is 2. The molecule has 0 aliphatic carbocycles. The summed E-state index contributed by atoms with van der Waals surface area (Å²) in [6, 6.07) is 1.35. The van der Waals surface area contributed by atoms with Crippen molar-refractivity contribution in [2.45, 2.75) is 6.04 Å². The van der Waals surface area contributed by atoms with Gasteiger partial charge in [-0.25, -0.2) is 0 Å². The molecule has 16 heavy (non-hydrogen) atoms. The summed E-state index contributed by atoms with van der Waals surface area (Å²) in [5.74, 6) is -0.0713. The molecule has 5 heteroatoms. The highest BCUT2D eigenvalue weighted by Crippen LogP contribution is 2.34. The third-order valence-corrected chi connectivity index (χ3v) is 2.62. The number of aldehydes is 1. The molecule has 1 aliphatic heterocycles. The highest BCUT2D eigenvalue weighted by Gasteiger charge is 2.41. The van der Waals surface area contributed by atoms with Gasteiger partial charge in [-0.3, -0.25) is 14.6 Å². The van der Waals surface area contributed by atoms with Gasteiger partial charge in [0, 0.05) is 11.8 Å². The lowest BCUT2D eigenvalue weighted by molar-refractivity contribution is -0.891. The first-order chi connectivity index (χ1) is 7.43. The van der Waals surface area contributed by atoms with Crippen molar-refractivity contribution in [1.29, 1.82) is 0 Å². The minimum absolute atomic E-state index is 0.0713. The monoisotopic (exact) mass is 220 g/mol. The van der Waals surface area contributed by atoms with Crippen LogP contribution < -0.4 is 5.32 Å². The summed E-state index contributed by atoms with van der Waals surface area (Å²) >= 11 is 0. The Bertz CT molecular complexity index is 463. The molecule has 1 atom stereocenters. The molecule has 0 spiro atoms. The first-order valence-electron chi connectivity index (χ1n) is 5.00. The van der Waals surface area contributed by atoms with Crippen molar-refractivity contribution in [3.05, 3.63) is 23.5 Å². The number of nitrogens with zero attached hydrogens (tertiary/aromatic N) is 2. The maximum Gasteiger partial charge on any atom is 0.289 e. The summed E-state index contributed by atoms with van der Waals surface area (Å²) in [6.45, 7) is 0. The van der Waals surface area contributed by atoms with Crippen molar-refractivity contribution in [1.82, 2.24) is 4.98 Å². The Kier molecular flexibility index (Phi) is 2.27. The molecule has 1 aromatic heterocycles. The lowest BCUT2D eigenvalue weighted by atomic mass is 10.1. The Hall–Kier alpha value is -1.75. The molecule has 2 rings (SSSR count). The largest absolute Gasteiger partial charge is 0.319 e. The molecular formula is C11H14N3O2+. The number of anilines is 1. The van der Waals surface area contributed by atoms with Gasteiger partial charge < -0.3 is 9.80 Å². The molecule has 0 aromatic carbocycles. The summed E-state index contributed by atoms with van der Waals surface area (Å²) < 4.78 is 0.478. The van der Waals surface area contributed by atoms with Crippen molar-refractivity contribution in [3.63, 3.8) is 0 Å². The number of hydrogen-bond acceptors (Lipinski definition) is 3. The third kappa shape index (κ3) is 1.59. The maximum atomic E-state index is 11.8. The fourth-order valence-electron chi connectivity index (χ4n) is 1.92. The van der Waals surface area contributed by atoms with Crippen molar-refractivity contribution < 1.29 is 14.1 Å². The number of rotatable bonds is 2. The molecule has 0 bridgehead atoms. The van der Waals surface area contributed by atoms with E-state index >= 15 is 0 Å². The predicted molar refractivity (Wildman–Crippen MR) is 59.0 cm³/mol.